The van der Waals surface area contributed by atoms with E-state index in [0.717, 1.165) is 10.5 Å². The molecule has 3 amide bonds. The minimum absolute atomic E-state index is 0.221. The molecule has 0 spiro atoms. The summed E-state index contributed by atoms with van der Waals surface area (Å²) in [4.78, 5) is 43.4. The van der Waals surface area contributed by atoms with E-state index in [4.69, 9.17) is 0 Å². The third kappa shape index (κ3) is 3.10. The first-order valence-corrected chi connectivity index (χ1v) is 8.59. The second-order valence-electron chi connectivity index (χ2n) is 6.73. The van der Waals surface area contributed by atoms with E-state index in [1.165, 1.54) is 0 Å². The van der Waals surface area contributed by atoms with Gasteiger partial charge >= 0.3 is 0 Å². The largest absolute Gasteiger partial charge is 0.348 e. The fourth-order valence-electron chi connectivity index (χ4n) is 3.21. The van der Waals surface area contributed by atoms with Crippen molar-refractivity contribution in [3.05, 3.63) is 65.5 Å². The Hall–Kier alpha value is -3.02. The summed E-state index contributed by atoms with van der Waals surface area (Å²) in [6.45, 7) is 5.50. The van der Waals surface area contributed by atoms with E-state index in [1.54, 1.807) is 36.7 Å². The van der Waals surface area contributed by atoms with Crippen LogP contribution in [0, 0.1) is 5.92 Å². The van der Waals surface area contributed by atoms with Gasteiger partial charge in [-0.15, -0.1) is 0 Å². The number of fused-ring (bicyclic) bond motifs is 1. The van der Waals surface area contributed by atoms with Gasteiger partial charge in [0.25, 0.3) is 11.8 Å². The van der Waals surface area contributed by atoms with Crippen LogP contribution in [0.2, 0.25) is 0 Å². The zero-order valence-corrected chi connectivity index (χ0v) is 15.0. The van der Waals surface area contributed by atoms with Crippen LogP contribution < -0.4 is 5.32 Å². The molecule has 0 saturated heterocycles. The maximum atomic E-state index is 12.9. The molecule has 6 heteroatoms. The molecule has 0 aliphatic carbocycles. The van der Waals surface area contributed by atoms with E-state index in [0.29, 0.717) is 11.1 Å². The number of hydrogen-bond acceptors (Lipinski definition) is 4. The lowest BCUT2D eigenvalue weighted by Crippen LogP contribution is -2.52. The SMILES string of the molecule is CC(NC(=O)C(C(C)C)N1C(=O)c2ccccc2C1=O)c1ccncc1. The average molecular weight is 351 g/mol. The van der Waals surface area contributed by atoms with Gasteiger partial charge < -0.3 is 5.32 Å². The molecular weight excluding hydrogens is 330 g/mol. The minimum Gasteiger partial charge on any atom is -0.348 e. The molecule has 0 fully saturated rings. The molecule has 6 nitrogen and oxygen atoms in total. The summed E-state index contributed by atoms with van der Waals surface area (Å²) >= 11 is 0. The lowest BCUT2D eigenvalue weighted by atomic mass is 10.0. The van der Waals surface area contributed by atoms with Crippen molar-refractivity contribution in [2.24, 2.45) is 5.92 Å². The molecule has 0 bridgehead atoms. The average Bonchev–Trinajstić information content (AvgIpc) is 2.88. The fourth-order valence-corrected chi connectivity index (χ4v) is 3.21. The lowest BCUT2D eigenvalue weighted by Gasteiger charge is -2.29. The molecule has 1 aromatic carbocycles. The summed E-state index contributed by atoms with van der Waals surface area (Å²) in [5.74, 6) is -1.41. The van der Waals surface area contributed by atoms with E-state index in [9.17, 15) is 14.4 Å². The number of hydrogen-bond donors (Lipinski definition) is 1. The summed E-state index contributed by atoms with van der Waals surface area (Å²) in [7, 11) is 0. The molecule has 0 radical (unpaired) electrons. The second-order valence-corrected chi connectivity index (χ2v) is 6.73. The van der Waals surface area contributed by atoms with E-state index >= 15 is 0 Å². The topological polar surface area (TPSA) is 79.4 Å². The van der Waals surface area contributed by atoms with Crippen LogP contribution in [0.25, 0.3) is 0 Å². The number of amides is 3. The number of nitrogens with one attached hydrogen (secondary N) is 1. The molecule has 2 aromatic rings. The molecule has 2 heterocycles. The van der Waals surface area contributed by atoms with Crippen LogP contribution in [0.3, 0.4) is 0 Å². The summed E-state index contributed by atoms with van der Waals surface area (Å²) in [6.07, 6.45) is 3.31. The predicted molar refractivity (Wildman–Crippen MR) is 96.4 cm³/mol. The fraction of sp³-hybridized carbons (Fsp3) is 0.300. The third-order valence-corrected chi connectivity index (χ3v) is 4.57. The molecule has 1 aliphatic rings. The third-order valence-electron chi connectivity index (χ3n) is 4.57. The molecule has 26 heavy (non-hydrogen) atoms. The highest BCUT2D eigenvalue weighted by molar-refractivity contribution is 6.22. The Morgan fingerprint density at radius 3 is 2.00 bits per heavy atom. The van der Waals surface area contributed by atoms with Crippen molar-refractivity contribution in [1.82, 2.24) is 15.2 Å². The number of imide groups is 1. The predicted octanol–water partition coefficient (Wildman–Crippen LogP) is 2.58. The van der Waals surface area contributed by atoms with E-state index in [2.05, 4.69) is 10.3 Å². The van der Waals surface area contributed by atoms with E-state index in [-0.39, 0.29) is 17.9 Å². The van der Waals surface area contributed by atoms with Gasteiger partial charge in [-0.1, -0.05) is 26.0 Å². The maximum Gasteiger partial charge on any atom is 0.262 e. The molecule has 1 aromatic heterocycles. The van der Waals surface area contributed by atoms with Gasteiger partial charge in [-0.2, -0.15) is 0 Å². The number of carbonyl (C=O) groups excluding carboxylic acids is 3. The Morgan fingerprint density at radius 2 is 1.50 bits per heavy atom. The van der Waals surface area contributed by atoms with Crippen molar-refractivity contribution in [1.29, 1.82) is 0 Å². The molecule has 134 valence electrons. The van der Waals surface area contributed by atoms with Crippen LogP contribution in [0.15, 0.2) is 48.8 Å². The zero-order valence-electron chi connectivity index (χ0n) is 15.0. The highest BCUT2D eigenvalue weighted by atomic mass is 16.2. The first-order chi connectivity index (χ1) is 12.4. The first kappa shape index (κ1) is 17.8. The van der Waals surface area contributed by atoms with E-state index in [1.807, 2.05) is 32.9 Å². The van der Waals surface area contributed by atoms with Crippen LogP contribution in [0.5, 0.6) is 0 Å². The highest BCUT2D eigenvalue weighted by Crippen LogP contribution is 2.27. The van der Waals surface area contributed by atoms with Crippen molar-refractivity contribution in [3.63, 3.8) is 0 Å². The maximum absolute atomic E-state index is 12.9. The van der Waals surface area contributed by atoms with Gasteiger partial charge in [0, 0.05) is 12.4 Å². The molecular formula is C20H21N3O3. The van der Waals surface area contributed by atoms with Crippen molar-refractivity contribution >= 4 is 17.7 Å². The monoisotopic (exact) mass is 351 g/mol. The standard InChI is InChI=1S/C20H21N3O3/c1-12(2)17(18(24)22-13(3)14-8-10-21-11-9-14)23-19(25)15-6-4-5-7-16(15)20(23)26/h4-13,17H,1-3H3,(H,22,24). The number of nitrogens with zero attached hydrogens (tertiary/aromatic N) is 2. The Labute approximate surface area is 152 Å². The lowest BCUT2D eigenvalue weighted by molar-refractivity contribution is -0.127. The Kier molecular flexibility index (Phi) is 4.84. The van der Waals surface area contributed by atoms with Gasteiger partial charge in [0.2, 0.25) is 5.91 Å². The normalized spacial score (nSPS) is 15.8. The Bertz CT molecular complexity index is 813. The second kappa shape index (κ2) is 7.07. The molecule has 1 N–H and O–H groups in total. The molecule has 3 rings (SSSR count). The zero-order chi connectivity index (χ0) is 18.8. The van der Waals surface area contributed by atoms with Gasteiger partial charge in [0.15, 0.2) is 0 Å². The first-order valence-electron chi connectivity index (χ1n) is 8.59. The summed E-state index contributed by atoms with van der Waals surface area (Å²) in [5, 5.41) is 2.91. The van der Waals surface area contributed by atoms with Crippen molar-refractivity contribution in [2.75, 3.05) is 0 Å². The molecule has 2 unspecified atom stereocenters. The van der Waals surface area contributed by atoms with Crippen LogP contribution in [-0.2, 0) is 4.79 Å². The van der Waals surface area contributed by atoms with Crippen LogP contribution in [-0.4, -0.2) is 33.6 Å². The molecule has 0 saturated carbocycles. The van der Waals surface area contributed by atoms with E-state index < -0.39 is 17.9 Å². The minimum atomic E-state index is -0.869. The summed E-state index contributed by atoms with van der Waals surface area (Å²) < 4.78 is 0. The number of carbonyl (C=O) groups is 3. The van der Waals surface area contributed by atoms with Gasteiger partial charge in [0.1, 0.15) is 6.04 Å². The summed E-state index contributed by atoms with van der Waals surface area (Å²) in [5.41, 5.74) is 1.59. The highest BCUT2D eigenvalue weighted by Gasteiger charge is 2.44. The molecule has 2 atom stereocenters. The number of benzene rings is 1. The van der Waals surface area contributed by atoms with Gasteiger partial charge in [-0.25, -0.2) is 0 Å². The van der Waals surface area contributed by atoms with Crippen LogP contribution >= 0.6 is 0 Å². The van der Waals surface area contributed by atoms with Crippen molar-refractivity contribution in [2.45, 2.75) is 32.9 Å². The molecule has 1 aliphatic heterocycles. The Morgan fingerprint density at radius 1 is 0.962 bits per heavy atom. The number of aromatic nitrogens is 1. The smallest absolute Gasteiger partial charge is 0.262 e. The quantitative estimate of drug-likeness (QED) is 0.840. The van der Waals surface area contributed by atoms with Crippen LogP contribution in [0.1, 0.15) is 53.1 Å². The summed E-state index contributed by atoms with van der Waals surface area (Å²) in [6, 6.07) is 9.16. The van der Waals surface area contributed by atoms with Crippen LogP contribution in [0.4, 0.5) is 0 Å². The Balaban J connectivity index is 1.85. The number of pyridine rings is 1. The van der Waals surface area contributed by atoms with Gasteiger partial charge in [0.05, 0.1) is 17.2 Å². The van der Waals surface area contributed by atoms with Crippen molar-refractivity contribution < 1.29 is 14.4 Å². The van der Waals surface area contributed by atoms with Gasteiger partial charge in [-0.05, 0) is 42.7 Å². The number of rotatable bonds is 5. The van der Waals surface area contributed by atoms with Gasteiger partial charge in [-0.3, -0.25) is 24.3 Å². The van der Waals surface area contributed by atoms with Crippen molar-refractivity contribution in [3.8, 4) is 0 Å².